The quantitative estimate of drug-likeness (QED) is 0.582. The van der Waals surface area contributed by atoms with E-state index in [1.165, 1.54) is 12.8 Å². The number of hydrogen-bond acceptors (Lipinski definition) is 1. The first-order chi connectivity index (χ1) is 4.72. The molecule has 10 heavy (non-hydrogen) atoms. The largest absolute Gasteiger partial charge is 0.351 e. The summed E-state index contributed by atoms with van der Waals surface area (Å²) < 4.78 is 0. The number of hydrogen-bond donors (Lipinski definition) is 1. The van der Waals surface area contributed by atoms with E-state index in [4.69, 9.17) is 5.73 Å². The minimum atomic E-state index is -0.299. The summed E-state index contributed by atoms with van der Waals surface area (Å²) in [5.41, 5.74) is 5.10. The van der Waals surface area contributed by atoms with Crippen molar-refractivity contribution in [2.45, 2.75) is 31.7 Å². The van der Waals surface area contributed by atoms with Gasteiger partial charge in [-0.2, -0.15) is 0 Å². The van der Waals surface area contributed by atoms with Crippen molar-refractivity contribution in [1.29, 1.82) is 0 Å². The number of carbonyl (C=O) groups excluding carboxylic acids is 1. The van der Waals surface area contributed by atoms with E-state index in [1.807, 2.05) is 0 Å². The van der Waals surface area contributed by atoms with Crippen LogP contribution in [0.25, 0.3) is 0 Å². The molecule has 0 heterocycles. The minimum Gasteiger partial charge on any atom is -0.351 e. The van der Waals surface area contributed by atoms with Gasteiger partial charge in [-0.25, -0.2) is 4.79 Å². The highest BCUT2D eigenvalue weighted by Crippen LogP contribution is 2.21. The van der Waals surface area contributed by atoms with Crippen LogP contribution in [0, 0.1) is 0 Å². The van der Waals surface area contributed by atoms with Crippen molar-refractivity contribution in [3.63, 3.8) is 0 Å². The molecule has 0 radical (unpaired) electrons. The molecule has 3 heteroatoms. The zero-order chi connectivity index (χ0) is 7.56. The first-order valence-corrected chi connectivity index (χ1v) is 3.74. The summed E-state index contributed by atoms with van der Waals surface area (Å²) in [5.74, 6) is 0. The molecule has 1 saturated carbocycles. The molecular weight excluding hydrogens is 128 g/mol. The van der Waals surface area contributed by atoms with E-state index >= 15 is 0 Å². The second-order valence-electron chi connectivity index (χ2n) is 2.89. The van der Waals surface area contributed by atoms with Crippen LogP contribution in [0.1, 0.15) is 25.7 Å². The standard InChI is InChI=1S/C7H14N2O/c1-9(7(8)10)6-4-2-3-5-6/h6H,2-5H2,1H3,(H2,8,10). The highest BCUT2D eigenvalue weighted by molar-refractivity contribution is 5.72. The fourth-order valence-electron chi connectivity index (χ4n) is 1.47. The molecule has 0 saturated heterocycles. The van der Waals surface area contributed by atoms with E-state index in [9.17, 15) is 4.79 Å². The molecule has 0 spiro atoms. The maximum absolute atomic E-state index is 10.6. The number of nitrogens with zero attached hydrogens (tertiary/aromatic N) is 1. The zero-order valence-corrected chi connectivity index (χ0v) is 6.34. The van der Waals surface area contributed by atoms with Crippen molar-refractivity contribution in [3.8, 4) is 0 Å². The lowest BCUT2D eigenvalue weighted by molar-refractivity contribution is 0.200. The van der Waals surface area contributed by atoms with E-state index in [2.05, 4.69) is 0 Å². The third kappa shape index (κ3) is 1.40. The van der Waals surface area contributed by atoms with Gasteiger partial charge in [-0.1, -0.05) is 12.8 Å². The molecule has 0 unspecified atom stereocenters. The number of urea groups is 1. The van der Waals surface area contributed by atoms with E-state index in [-0.39, 0.29) is 6.03 Å². The van der Waals surface area contributed by atoms with Crippen molar-refractivity contribution in [2.75, 3.05) is 7.05 Å². The molecule has 0 aromatic rings. The molecular formula is C7H14N2O. The van der Waals surface area contributed by atoms with Crippen LogP contribution in [0.2, 0.25) is 0 Å². The Morgan fingerprint density at radius 3 is 2.40 bits per heavy atom. The van der Waals surface area contributed by atoms with Crippen LogP contribution in [0.5, 0.6) is 0 Å². The third-order valence-corrected chi connectivity index (χ3v) is 2.22. The molecule has 0 aromatic carbocycles. The Morgan fingerprint density at radius 2 is 2.00 bits per heavy atom. The first-order valence-electron chi connectivity index (χ1n) is 3.74. The number of amides is 2. The number of nitrogens with two attached hydrogens (primary N) is 1. The number of carbonyl (C=O) groups is 1. The van der Waals surface area contributed by atoms with Crippen LogP contribution in [0.3, 0.4) is 0 Å². The fraction of sp³-hybridized carbons (Fsp3) is 0.857. The van der Waals surface area contributed by atoms with Gasteiger partial charge in [0.05, 0.1) is 0 Å². The molecule has 1 rings (SSSR count). The van der Waals surface area contributed by atoms with Gasteiger partial charge in [-0.3, -0.25) is 0 Å². The van der Waals surface area contributed by atoms with Gasteiger partial charge in [0.15, 0.2) is 0 Å². The molecule has 58 valence electrons. The van der Waals surface area contributed by atoms with Crippen LogP contribution < -0.4 is 5.73 Å². The highest BCUT2D eigenvalue weighted by atomic mass is 16.2. The maximum atomic E-state index is 10.6. The molecule has 0 aromatic heterocycles. The van der Waals surface area contributed by atoms with E-state index in [0.717, 1.165) is 12.8 Å². The van der Waals surface area contributed by atoms with Crippen molar-refractivity contribution in [2.24, 2.45) is 5.73 Å². The molecule has 0 atom stereocenters. The smallest absolute Gasteiger partial charge is 0.314 e. The highest BCUT2D eigenvalue weighted by Gasteiger charge is 2.21. The van der Waals surface area contributed by atoms with E-state index in [1.54, 1.807) is 11.9 Å². The summed E-state index contributed by atoms with van der Waals surface area (Å²) in [6.07, 6.45) is 4.73. The molecule has 1 fully saturated rings. The fourth-order valence-corrected chi connectivity index (χ4v) is 1.47. The summed E-state index contributed by atoms with van der Waals surface area (Å²) in [4.78, 5) is 12.3. The van der Waals surface area contributed by atoms with Crippen molar-refractivity contribution >= 4 is 6.03 Å². The van der Waals surface area contributed by atoms with E-state index < -0.39 is 0 Å². The predicted octanol–water partition coefficient (Wildman–Crippen LogP) is 0.940. The lowest BCUT2D eigenvalue weighted by atomic mass is 10.2. The normalized spacial score (nSPS) is 19.3. The van der Waals surface area contributed by atoms with Crippen molar-refractivity contribution in [3.05, 3.63) is 0 Å². The second kappa shape index (κ2) is 2.90. The van der Waals surface area contributed by atoms with Crippen LogP contribution in [0.15, 0.2) is 0 Å². The van der Waals surface area contributed by atoms with Gasteiger partial charge in [0, 0.05) is 13.1 Å². The Morgan fingerprint density at radius 1 is 1.50 bits per heavy atom. The van der Waals surface area contributed by atoms with E-state index in [0.29, 0.717) is 6.04 Å². The summed E-state index contributed by atoms with van der Waals surface area (Å²) in [6, 6.07) is 0.115. The Hall–Kier alpha value is -0.730. The molecule has 1 aliphatic rings. The summed E-state index contributed by atoms with van der Waals surface area (Å²) in [5, 5.41) is 0. The Balaban J connectivity index is 2.39. The molecule has 2 amide bonds. The maximum Gasteiger partial charge on any atom is 0.314 e. The monoisotopic (exact) mass is 142 g/mol. The van der Waals surface area contributed by atoms with Crippen LogP contribution in [-0.4, -0.2) is 24.0 Å². The Kier molecular flexibility index (Phi) is 2.14. The van der Waals surface area contributed by atoms with Gasteiger partial charge in [0.2, 0.25) is 0 Å². The Labute approximate surface area is 61.2 Å². The second-order valence-corrected chi connectivity index (χ2v) is 2.89. The van der Waals surface area contributed by atoms with Crippen LogP contribution >= 0.6 is 0 Å². The average molecular weight is 142 g/mol. The van der Waals surface area contributed by atoms with Crippen LogP contribution in [-0.2, 0) is 0 Å². The van der Waals surface area contributed by atoms with Gasteiger partial charge in [-0.15, -0.1) is 0 Å². The van der Waals surface area contributed by atoms with Crippen LogP contribution in [0.4, 0.5) is 4.79 Å². The minimum absolute atomic E-state index is 0.299. The lowest BCUT2D eigenvalue weighted by Gasteiger charge is -2.21. The molecule has 2 N–H and O–H groups in total. The summed E-state index contributed by atoms with van der Waals surface area (Å²) in [7, 11) is 1.78. The predicted molar refractivity (Wildman–Crippen MR) is 39.6 cm³/mol. The summed E-state index contributed by atoms with van der Waals surface area (Å²) in [6.45, 7) is 0. The number of primary amides is 1. The lowest BCUT2D eigenvalue weighted by Crippen LogP contribution is -2.38. The number of rotatable bonds is 1. The first kappa shape index (κ1) is 7.38. The van der Waals surface area contributed by atoms with Gasteiger partial charge in [-0.05, 0) is 12.8 Å². The van der Waals surface area contributed by atoms with Crippen molar-refractivity contribution in [1.82, 2.24) is 4.90 Å². The van der Waals surface area contributed by atoms with Gasteiger partial charge >= 0.3 is 6.03 Å². The summed E-state index contributed by atoms with van der Waals surface area (Å²) >= 11 is 0. The molecule has 0 bridgehead atoms. The Bertz CT molecular complexity index is 130. The zero-order valence-electron chi connectivity index (χ0n) is 6.34. The van der Waals surface area contributed by atoms with Gasteiger partial charge in [0.25, 0.3) is 0 Å². The third-order valence-electron chi connectivity index (χ3n) is 2.22. The average Bonchev–Trinajstić information content (AvgIpc) is 2.36. The van der Waals surface area contributed by atoms with Gasteiger partial charge in [0.1, 0.15) is 0 Å². The SMILES string of the molecule is CN(C(N)=O)C1CCCC1. The van der Waals surface area contributed by atoms with Crippen molar-refractivity contribution < 1.29 is 4.79 Å². The van der Waals surface area contributed by atoms with Gasteiger partial charge < -0.3 is 10.6 Å². The molecule has 3 nitrogen and oxygen atoms in total. The molecule has 1 aliphatic carbocycles. The molecule has 0 aliphatic heterocycles. The topological polar surface area (TPSA) is 46.3 Å².